The van der Waals surface area contributed by atoms with Crippen molar-refractivity contribution in [2.75, 3.05) is 30.5 Å². The quantitative estimate of drug-likeness (QED) is 0.0612. The van der Waals surface area contributed by atoms with Crippen LogP contribution < -0.4 is 15.5 Å². The molecule has 0 saturated heterocycles. The number of pyridine rings is 1. The Balaban J connectivity index is 1.38. The van der Waals surface area contributed by atoms with Crippen molar-refractivity contribution in [1.29, 1.82) is 5.41 Å². The number of hydrogen-bond acceptors (Lipinski definition) is 8. The number of fused-ring (bicyclic) bond motifs is 1. The fourth-order valence-corrected chi connectivity index (χ4v) is 4.71. The highest BCUT2D eigenvalue weighted by Gasteiger charge is 2.20. The van der Waals surface area contributed by atoms with Crippen LogP contribution in [0.3, 0.4) is 0 Å². The molecule has 3 N–H and O–H groups in total. The number of ether oxygens (including phenoxy) is 2. The first-order valence-corrected chi connectivity index (χ1v) is 15.1. The Morgan fingerprint density at radius 3 is 2.53 bits per heavy atom. The highest BCUT2D eigenvalue weighted by molar-refractivity contribution is 6.07. The fraction of sp³-hybridized carbons (Fsp3) is 0.324. The summed E-state index contributed by atoms with van der Waals surface area (Å²) >= 11 is 0. The van der Waals surface area contributed by atoms with Gasteiger partial charge in [-0.3, -0.25) is 20.4 Å². The van der Waals surface area contributed by atoms with Gasteiger partial charge >= 0.3 is 6.09 Å². The molecule has 4 rings (SSSR count). The number of carbonyl (C=O) groups excluding carboxylic acids is 2. The lowest BCUT2D eigenvalue weighted by molar-refractivity contribution is 0.0985. The smallest absolute Gasteiger partial charge is 0.412 e. The van der Waals surface area contributed by atoms with Crippen LogP contribution in [-0.2, 0) is 23.1 Å². The van der Waals surface area contributed by atoms with Gasteiger partial charge in [0, 0.05) is 43.0 Å². The van der Waals surface area contributed by atoms with Crippen LogP contribution in [0.2, 0.25) is 0 Å². The SMILES string of the molecule is C=C(CCN(C(=O)c1ccc2c(c1)nc(CNc1ccc(C(=N)NC(=O)OCCCCCC)cc1)n2C)c1ccccn1)OC. The minimum absolute atomic E-state index is 0.0222. The first-order valence-electron chi connectivity index (χ1n) is 15.1. The minimum atomic E-state index is -0.619. The lowest BCUT2D eigenvalue weighted by Gasteiger charge is -2.22. The molecule has 2 amide bonds. The van der Waals surface area contributed by atoms with Crippen LogP contribution in [0.4, 0.5) is 16.3 Å². The number of amidine groups is 1. The second kappa shape index (κ2) is 16.0. The summed E-state index contributed by atoms with van der Waals surface area (Å²) in [6.07, 6.45) is 5.57. The second-order valence-corrected chi connectivity index (χ2v) is 10.6. The molecule has 0 saturated carbocycles. The molecule has 0 aliphatic heterocycles. The maximum Gasteiger partial charge on any atom is 0.412 e. The number of benzene rings is 2. The van der Waals surface area contributed by atoms with E-state index in [9.17, 15) is 9.59 Å². The Bertz CT molecular complexity index is 1620. The number of nitrogens with zero attached hydrogens (tertiary/aromatic N) is 4. The van der Waals surface area contributed by atoms with Crippen LogP contribution in [0.25, 0.3) is 11.0 Å². The van der Waals surface area contributed by atoms with Crippen molar-refractivity contribution in [2.45, 2.75) is 45.6 Å². The van der Waals surface area contributed by atoms with Gasteiger partial charge in [-0.2, -0.15) is 0 Å². The largest absolute Gasteiger partial charge is 0.502 e. The second-order valence-electron chi connectivity index (χ2n) is 10.6. The van der Waals surface area contributed by atoms with Crippen molar-refractivity contribution in [2.24, 2.45) is 7.05 Å². The Morgan fingerprint density at radius 1 is 1.04 bits per heavy atom. The number of alkyl carbamates (subject to hydrolysis) is 1. The number of aromatic nitrogens is 3. The van der Waals surface area contributed by atoms with Gasteiger partial charge in [0.25, 0.3) is 5.91 Å². The summed E-state index contributed by atoms with van der Waals surface area (Å²) in [6, 6.07) is 18.1. The molecule has 0 spiro atoms. The predicted molar refractivity (Wildman–Crippen MR) is 177 cm³/mol. The number of methoxy groups -OCH3 is 1. The lowest BCUT2D eigenvalue weighted by Crippen LogP contribution is -2.33. The van der Waals surface area contributed by atoms with Crippen LogP contribution in [0.5, 0.6) is 0 Å². The van der Waals surface area contributed by atoms with E-state index >= 15 is 0 Å². The van der Waals surface area contributed by atoms with E-state index in [-0.39, 0.29) is 11.7 Å². The molecule has 2 aromatic carbocycles. The van der Waals surface area contributed by atoms with E-state index < -0.39 is 6.09 Å². The van der Waals surface area contributed by atoms with Gasteiger partial charge in [-0.1, -0.05) is 38.8 Å². The summed E-state index contributed by atoms with van der Waals surface area (Å²) in [5, 5.41) is 14.0. The summed E-state index contributed by atoms with van der Waals surface area (Å²) in [6.45, 7) is 7.15. The third kappa shape index (κ3) is 8.91. The third-order valence-corrected chi connectivity index (χ3v) is 7.38. The average molecular weight is 612 g/mol. The summed E-state index contributed by atoms with van der Waals surface area (Å²) < 4.78 is 12.3. The Hall–Kier alpha value is -5.19. The summed E-state index contributed by atoms with van der Waals surface area (Å²) in [4.78, 5) is 36.4. The topological polar surface area (TPSA) is 134 Å². The third-order valence-electron chi connectivity index (χ3n) is 7.38. The molecule has 0 bridgehead atoms. The molecule has 2 heterocycles. The normalized spacial score (nSPS) is 10.7. The van der Waals surface area contributed by atoms with Crippen LogP contribution in [-0.4, -0.2) is 52.6 Å². The summed E-state index contributed by atoms with van der Waals surface area (Å²) in [5.74, 6) is 1.70. The molecular formula is C34H41N7O4. The number of carbonyl (C=O) groups is 2. The van der Waals surface area contributed by atoms with Crippen molar-refractivity contribution in [3.63, 3.8) is 0 Å². The predicted octanol–water partition coefficient (Wildman–Crippen LogP) is 6.41. The van der Waals surface area contributed by atoms with Crippen LogP contribution in [0.1, 0.15) is 60.8 Å². The van der Waals surface area contributed by atoms with Gasteiger partial charge in [0.05, 0.1) is 37.1 Å². The van der Waals surface area contributed by atoms with Crippen LogP contribution in [0.15, 0.2) is 79.2 Å². The molecule has 0 unspecified atom stereocenters. The average Bonchev–Trinajstić information content (AvgIpc) is 3.38. The number of rotatable bonds is 15. The van der Waals surface area contributed by atoms with Gasteiger partial charge < -0.3 is 19.4 Å². The minimum Gasteiger partial charge on any atom is -0.502 e. The Labute approximate surface area is 263 Å². The highest BCUT2D eigenvalue weighted by atomic mass is 16.5. The fourth-order valence-electron chi connectivity index (χ4n) is 4.71. The van der Waals surface area contributed by atoms with Gasteiger partial charge in [0.15, 0.2) is 0 Å². The standard InChI is InChI=1S/C34H41N7O4/c1-5-6-7-10-21-45-34(43)39-32(35)25-12-15-27(16-13-25)37-23-31-38-28-22-26(14-17-29(28)40(31)3)33(42)41(20-18-24(2)44-4)30-11-8-9-19-36-30/h8-9,11-17,19,22,37H,2,5-7,10,18,20-21,23H2,1,3-4H3,(H2,35,39,43). The Morgan fingerprint density at radius 2 is 1.82 bits per heavy atom. The van der Waals surface area contributed by atoms with Crippen molar-refractivity contribution in [1.82, 2.24) is 19.9 Å². The van der Waals surface area contributed by atoms with E-state index in [0.717, 1.165) is 42.7 Å². The first kappa shape index (κ1) is 32.7. The van der Waals surface area contributed by atoms with E-state index in [1.807, 2.05) is 41.9 Å². The molecule has 0 radical (unpaired) electrons. The van der Waals surface area contributed by atoms with Gasteiger partial charge in [0.2, 0.25) is 0 Å². The first-order chi connectivity index (χ1) is 21.8. The van der Waals surface area contributed by atoms with Crippen LogP contribution in [0, 0.1) is 5.41 Å². The maximum absolute atomic E-state index is 13.6. The monoisotopic (exact) mass is 611 g/mol. The van der Waals surface area contributed by atoms with Gasteiger partial charge in [0.1, 0.15) is 17.5 Å². The highest BCUT2D eigenvalue weighted by Crippen LogP contribution is 2.22. The summed E-state index contributed by atoms with van der Waals surface area (Å²) in [7, 11) is 3.50. The number of imidazole rings is 1. The summed E-state index contributed by atoms with van der Waals surface area (Å²) in [5.41, 5.74) is 3.49. The molecular weight excluding hydrogens is 570 g/mol. The van der Waals surface area contributed by atoms with Crippen molar-refractivity contribution < 1.29 is 19.1 Å². The van der Waals surface area contributed by atoms with E-state index in [0.29, 0.717) is 54.3 Å². The van der Waals surface area contributed by atoms with Crippen molar-refractivity contribution >= 4 is 40.4 Å². The number of nitrogens with one attached hydrogen (secondary N) is 3. The molecule has 2 aromatic heterocycles. The van der Waals surface area contributed by atoms with Gasteiger partial charge in [-0.25, -0.2) is 14.8 Å². The lowest BCUT2D eigenvalue weighted by atomic mass is 10.1. The molecule has 0 aliphatic carbocycles. The van der Waals surface area contributed by atoms with E-state index in [1.54, 1.807) is 48.5 Å². The molecule has 236 valence electrons. The zero-order chi connectivity index (χ0) is 32.2. The molecule has 4 aromatic rings. The molecule has 0 aliphatic rings. The number of anilines is 2. The molecule has 11 nitrogen and oxygen atoms in total. The van der Waals surface area contributed by atoms with Crippen molar-refractivity contribution in [3.8, 4) is 0 Å². The van der Waals surface area contributed by atoms with Gasteiger partial charge in [-0.15, -0.1) is 0 Å². The van der Waals surface area contributed by atoms with E-state index in [4.69, 9.17) is 19.9 Å². The van der Waals surface area contributed by atoms with Crippen LogP contribution >= 0.6 is 0 Å². The molecule has 0 atom stereocenters. The molecule has 11 heteroatoms. The van der Waals surface area contributed by atoms with E-state index in [1.165, 1.54) is 0 Å². The Kier molecular flexibility index (Phi) is 11.7. The number of aryl methyl sites for hydroxylation is 1. The van der Waals surface area contributed by atoms with E-state index in [2.05, 4.69) is 29.1 Å². The van der Waals surface area contributed by atoms with Crippen molar-refractivity contribution in [3.05, 3.63) is 96.1 Å². The maximum atomic E-state index is 13.6. The zero-order valence-electron chi connectivity index (χ0n) is 26.1. The van der Waals surface area contributed by atoms with Gasteiger partial charge in [-0.05, 0) is 61.0 Å². The number of hydrogen-bond donors (Lipinski definition) is 3. The molecule has 45 heavy (non-hydrogen) atoms. The number of amides is 2. The zero-order valence-corrected chi connectivity index (χ0v) is 26.1. The number of unbranched alkanes of at least 4 members (excludes halogenated alkanes) is 3. The molecule has 0 fully saturated rings.